The molecule has 21 heavy (non-hydrogen) atoms. The molecule has 0 unspecified atom stereocenters. The number of hydrogen-bond acceptors (Lipinski definition) is 3. The molecule has 0 aromatic heterocycles. The van der Waals surface area contributed by atoms with Crippen LogP contribution in [0.2, 0.25) is 5.02 Å². The van der Waals surface area contributed by atoms with Crippen molar-refractivity contribution in [2.75, 3.05) is 11.9 Å². The van der Waals surface area contributed by atoms with Crippen LogP contribution in [-0.4, -0.2) is 12.5 Å². The standard InChI is InChI=1S/C16H17ClN2O2/c1-11(18)12-6-2-5-9-15(12)21-10-16(20)19-14-8-4-3-7-13(14)17/h2-9,11H,10,18H2,1H3,(H,19,20)/t11-/m0/s1. The minimum Gasteiger partial charge on any atom is -0.483 e. The number of anilines is 1. The normalized spacial score (nSPS) is 11.8. The van der Waals surface area contributed by atoms with Crippen LogP contribution < -0.4 is 15.8 Å². The SMILES string of the molecule is C[C@H](N)c1ccccc1OCC(=O)Nc1ccccc1Cl. The quantitative estimate of drug-likeness (QED) is 0.890. The molecule has 0 spiro atoms. The zero-order valence-corrected chi connectivity index (χ0v) is 12.4. The molecular formula is C16H17ClN2O2. The third-order valence-electron chi connectivity index (χ3n) is 2.92. The molecule has 0 saturated heterocycles. The van der Waals surface area contributed by atoms with Gasteiger partial charge in [0.1, 0.15) is 5.75 Å². The van der Waals surface area contributed by atoms with Crippen LogP contribution in [-0.2, 0) is 4.79 Å². The zero-order chi connectivity index (χ0) is 15.2. The van der Waals surface area contributed by atoms with Crippen LogP contribution in [0.4, 0.5) is 5.69 Å². The molecule has 5 heteroatoms. The van der Waals surface area contributed by atoms with Crippen LogP contribution >= 0.6 is 11.6 Å². The number of benzene rings is 2. The zero-order valence-electron chi connectivity index (χ0n) is 11.7. The number of hydrogen-bond donors (Lipinski definition) is 2. The van der Waals surface area contributed by atoms with Crippen LogP contribution in [0.5, 0.6) is 5.75 Å². The van der Waals surface area contributed by atoms with E-state index in [1.165, 1.54) is 0 Å². The summed E-state index contributed by atoms with van der Waals surface area (Å²) in [7, 11) is 0. The van der Waals surface area contributed by atoms with E-state index in [0.29, 0.717) is 16.5 Å². The summed E-state index contributed by atoms with van der Waals surface area (Å²) in [5.74, 6) is 0.337. The Kier molecular flexibility index (Phi) is 5.20. The van der Waals surface area contributed by atoms with Gasteiger partial charge in [-0.2, -0.15) is 0 Å². The Morgan fingerprint density at radius 1 is 1.24 bits per heavy atom. The highest BCUT2D eigenvalue weighted by atomic mass is 35.5. The van der Waals surface area contributed by atoms with Crippen molar-refractivity contribution in [1.29, 1.82) is 0 Å². The number of halogens is 1. The Balaban J connectivity index is 1.97. The summed E-state index contributed by atoms with van der Waals surface area (Å²) in [5, 5.41) is 3.19. The first-order valence-electron chi connectivity index (χ1n) is 6.59. The van der Waals surface area contributed by atoms with E-state index >= 15 is 0 Å². The van der Waals surface area contributed by atoms with Crippen molar-refractivity contribution in [2.45, 2.75) is 13.0 Å². The number of carbonyl (C=O) groups excluding carboxylic acids is 1. The van der Waals surface area contributed by atoms with Gasteiger partial charge in [0.05, 0.1) is 10.7 Å². The third kappa shape index (κ3) is 4.21. The Hall–Kier alpha value is -2.04. The Morgan fingerprint density at radius 3 is 2.62 bits per heavy atom. The Labute approximate surface area is 128 Å². The van der Waals surface area contributed by atoms with Crippen molar-refractivity contribution in [2.24, 2.45) is 5.73 Å². The van der Waals surface area contributed by atoms with Gasteiger partial charge in [-0.15, -0.1) is 0 Å². The minimum absolute atomic E-state index is 0.102. The number of para-hydroxylation sites is 2. The molecule has 0 aliphatic rings. The fraction of sp³-hybridized carbons (Fsp3) is 0.188. The summed E-state index contributed by atoms with van der Waals surface area (Å²) < 4.78 is 5.54. The van der Waals surface area contributed by atoms with Crippen molar-refractivity contribution in [3.63, 3.8) is 0 Å². The van der Waals surface area contributed by atoms with Gasteiger partial charge in [0.25, 0.3) is 5.91 Å². The van der Waals surface area contributed by atoms with E-state index in [0.717, 1.165) is 5.56 Å². The predicted octanol–water partition coefficient (Wildman–Crippen LogP) is 3.38. The highest BCUT2D eigenvalue weighted by Crippen LogP contribution is 2.23. The molecule has 0 aliphatic carbocycles. The number of nitrogens with one attached hydrogen (secondary N) is 1. The van der Waals surface area contributed by atoms with Gasteiger partial charge in [0.2, 0.25) is 0 Å². The smallest absolute Gasteiger partial charge is 0.262 e. The monoisotopic (exact) mass is 304 g/mol. The van der Waals surface area contributed by atoms with E-state index in [2.05, 4.69) is 5.32 Å². The van der Waals surface area contributed by atoms with E-state index in [1.54, 1.807) is 30.3 Å². The summed E-state index contributed by atoms with van der Waals surface area (Å²) >= 11 is 5.98. The summed E-state index contributed by atoms with van der Waals surface area (Å²) in [4.78, 5) is 11.9. The second-order valence-electron chi connectivity index (χ2n) is 4.64. The lowest BCUT2D eigenvalue weighted by Crippen LogP contribution is -2.21. The van der Waals surface area contributed by atoms with Crippen LogP contribution in [0, 0.1) is 0 Å². The van der Waals surface area contributed by atoms with Crippen molar-refractivity contribution in [3.8, 4) is 5.75 Å². The second-order valence-corrected chi connectivity index (χ2v) is 5.05. The molecule has 0 fully saturated rings. The third-order valence-corrected chi connectivity index (χ3v) is 3.25. The van der Waals surface area contributed by atoms with Crippen molar-refractivity contribution < 1.29 is 9.53 Å². The highest BCUT2D eigenvalue weighted by molar-refractivity contribution is 6.33. The minimum atomic E-state index is -0.275. The molecule has 1 amide bonds. The summed E-state index contributed by atoms with van der Waals surface area (Å²) in [6, 6.07) is 14.3. The Bertz CT molecular complexity index is 629. The molecule has 1 atom stereocenters. The lowest BCUT2D eigenvalue weighted by molar-refractivity contribution is -0.118. The van der Waals surface area contributed by atoms with Crippen LogP contribution in [0.3, 0.4) is 0 Å². The first kappa shape index (κ1) is 15.4. The summed E-state index contributed by atoms with van der Waals surface area (Å²) in [6.45, 7) is 1.76. The number of ether oxygens (including phenoxy) is 1. The molecular weight excluding hydrogens is 288 g/mol. The molecule has 2 aromatic rings. The van der Waals surface area contributed by atoms with Gasteiger partial charge in [0, 0.05) is 11.6 Å². The van der Waals surface area contributed by atoms with Crippen molar-refractivity contribution in [3.05, 3.63) is 59.1 Å². The van der Waals surface area contributed by atoms with E-state index in [-0.39, 0.29) is 18.6 Å². The van der Waals surface area contributed by atoms with Gasteiger partial charge >= 0.3 is 0 Å². The molecule has 0 heterocycles. The molecule has 2 rings (SSSR count). The van der Waals surface area contributed by atoms with Gasteiger partial charge in [-0.1, -0.05) is 41.9 Å². The molecule has 0 aliphatic heterocycles. The molecule has 0 radical (unpaired) electrons. The molecule has 0 bridgehead atoms. The number of nitrogens with two attached hydrogens (primary N) is 1. The lowest BCUT2D eigenvalue weighted by Gasteiger charge is -2.14. The Morgan fingerprint density at radius 2 is 1.90 bits per heavy atom. The topological polar surface area (TPSA) is 64.3 Å². The van der Waals surface area contributed by atoms with E-state index in [9.17, 15) is 4.79 Å². The average molecular weight is 305 g/mol. The van der Waals surface area contributed by atoms with Crippen LogP contribution in [0.25, 0.3) is 0 Å². The largest absolute Gasteiger partial charge is 0.483 e. The van der Waals surface area contributed by atoms with Crippen molar-refractivity contribution >= 4 is 23.2 Å². The van der Waals surface area contributed by atoms with Crippen LogP contribution in [0.15, 0.2) is 48.5 Å². The summed E-state index contributed by atoms with van der Waals surface area (Å²) in [5.41, 5.74) is 7.29. The fourth-order valence-corrected chi connectivity index (χ4v) is 2.06. The van der Waals surface area contributed by atoms with Gasteiger partial charge in [-0.25, -0.2) is 0 Å². The maximum Gasteiger partial charge on any atom is 0.262 e. The molecule has 0 saturated carbocycles. The predicted molar refractivity (Wildman–Crippen MR) is 84.6 cm³/mol. The lowest BCUT2D eigenvalue weighted by atomic mass is 10.1. The fourth-order valence-electron chi connectivity index (χ4n) is 1.88. The molecule has 2 aromatic carbocycles. The first-order valence-corrected chi connectivity index (χ1v) is 6.97. The van der Waals surface area contributed by atoms with Gasteiger partial charge in [-0.3, -0.25) is 4.79 Å². The van der Waals surface area contributed by atoms with Gasteiger partial charge in [0.15, 0.2) is 6.61 Å². The number of amides is 1. The van der Waals surface area contributed by atoms with Gasteiger partial charge in [-0.05, 0) is 25.1 Å². The second kappa shape index (κ2) is 7.11. The maximum atomic E-state index is 11.9. The summed E-state index contributed by atoms with van der Waals surface area (Å²) in [6.07, 6.45) is 0. The number of carbonyl (C=O) groups is 1. The highest BCUT2D eigenvalue weighted by Gasteiger charge is 2.10. The van der Waals surface area contributed by atoms with E-state index < -0.39 is 0 Å². The van der Waals surface area contributed by atoms with Gasteiger partial charge < -0.3 is 15.8 Å². The molecule has 4 nitrogen and oxygen atoms in total. The van der Waals surface area contributed by atoms with E-state index in [4.69, 9.17) is 22.1 Å². The molecule has 110 valence electrons. The first-order chi connectivity index (χ1) is 10.1. The van der Waals surface area contributed by atoms with E-state index in [1.807, 2.05) is 25.1 Å². The number of rotatable bonds is 5. The maximum absolute atomic E-state index is 11.9. The van der Waals surface area contributed by atoms with Crippen LogP contribution in [0.1, 0.15) is 18.5 Å². The van der Waals surface area contributed by atoms with Crippen molar-refractivity contribution in [1.82, 2.24) is 0 Å². The molecule has 3 N–H and O–H groups in total. The average Bonchev–Trinajstić information content (AvgIpc) is 2.48.